The second kappa shape index (κ2) is 7.82. The molecule has 1 aromatic heterocycles. The van der Waals surface area contributed by atoms with Gasteiger partial charge < -0.3 is 19.7 Å². The van der Waals surface area contributed by atoms with Crippen molar-refractivity contribution < 1.29 is 9.59 Å². The highest BCUT2D eigenvalue weighted by molar-refractivity contribution is 5.95. The number of aromatic nitrogens is 2. The third-order valence-electron chi connectivity index (χ3n) is 5.06. The fourth-order valence-corrected chi connectivity index (χ4v) is 3.25. The zero-order valence-electron chi connectivity index (χ0n) is 16.4. The zero-order chi connectivity index (χ0) is 19.6. The number of carbonyl (C=O) groups excluding carboxylic acids is 2. The SMILES string of the molecule is CCN(C)C(=O)c1cnc2n1C[C@H](NC(=O)c1cccc(N(C)C)c1)CC2. The number of anilines is 1. The molecular formula is C20H27N5O2. The Hall–Kier alpha value is -2.83. The molecule has 0 fully saturated rings. The summed E-state index contributed by atoms with van der Waals surface area (Å²) in [7, 11) is 5.68. The van der Waals surface area contributed by atoms with Crippen molar-refractivity contribution >= 4 is 17.5 Å². The Morgan fingerprint density at radius 3 is 2.78 bits per heavy atom. The summed E-state index contributed by atoms with van der Waals surface area (Å²) in [6, 6.07) is 7.53. The lowest BCUT2D eigenvalue weighted by Gasteiger charge is -2.27. The van der Waals surface area contributed by atoms with Crippen molar-refractivity contribution in [3.8, 4) is 0 Å². The van der Waals surface area contributed by atoms with Crippen LogP contribution >= 0.6 is 0 Å². The first-order valence-electron chi connectivity index (χ1n) is 9.28. The molecule has 144 valence electrons. The van der Waals surface area contributed by atoms with Crippen molar-refractivity contribution in [3.63, 3.8) is 0 Å². The van der Waals surface area contributed by atoms with Gasteiger partial charge in [-0.3, -0.25) is 9.59 Å². The number of amides is 2. The molecule has 3 rings (SSSR count). The topological polar surface area (TPSA) is 70.5 Å². The van der Waals surface area contributed by atoms with Crippen LogP contribution in [0.4, 0.5) is 5.69 Å². The maximum absolute atomic E-state index is 12.7. The molecule has 1 aromatic carbocycles. The summed E-state index contributed by atoms with van der Waals surface area (Å²) in [5.41, 5.74) is 2.21. The number of aryl methyl sites for hydroxylation is 1. The normalized spacial score (nSPS) is 15.8. The van der Waals surface area contributed by atoms with Crippen LogP contribution in [-0.4, -0.2) is 60.0 Å². The van der Waals surface area contributed by atoms with Gasteiger partial charge in [0.1, 0.15) is 11.5 Å². The molecule has 27 heavy (non-hydrogen) atoms. The zero-order valence-corrected chi connectivity index (χ0v) is 16.4. The lowest BCUT2D eigenvalue weighted by atomic mass is 10.1. The fraction of sp³-hybridized carbons (Fsp3) is 0.450. The van der Waals surface area contributed by atoms with Gasteiger partial charge in [-0.2, -0.15) is 0 Å². The predicted molar refractivity (Wildman–Crippen MR) is 105 cm³/mol. The van der Waals surface area contributed by atoms with E-state index in [9.17, 15) is 9.59 Å². The van der Waals surface area contributed by atoms with Gasteiger partial charge in [0.05, 0.1) is 6.20 Å². The summed E-state index contributed by atoms with van der Waals surface area (Å²) in [6.45, 7) is 3.14. The number of benzene rings is 1. The van der Waals surface area contributed by atoms with Gasteiger partial charge in [0, 0.05) is 57.9 Å². The van der Waals surface area contributed by atoms with Gasteiger partial charge in [0.25, 0.3) is 11.8 Å². The van der Waals surface area contributed by atoms with Gasteiger partial charge in [0.2, 0.25) is 0 Å². The third-order valence-corrected chi connectivity index (χ3v) is 5.06. The summed E-state index contributed by atoms with van der Waals surface area (Å²) in [4.78, 5) is 33.2. The van der Waals surface area contributed by atoms with Crippen LogP contribution in [0.2, 0.25) is 0 Å². The van der Waals surface area contributed by atoms with Crippen molar-refractivity contribution in [1.82, 2.24) is 19.8 Å². The van der Waals surface area contributed by atoms with E-state index < -0.39 is 0 Å². The minimum atomic E-state index is -0.0918. The summed E-state index contributed by atoms with van der Waals surface area (Å²) < 4.78 is 1.94. The van der Waals surface area contributed by atoms with Gasteiger partial charge in [-0.15, -0.1) is 0 Å². The molecule has 0 saturated carbocycles. The second-order valence-electron chi connectivity index (χ2n) is 7.14. The number of imidazole rings is 1. The molecule has 1 atom stereocenters. The fourth-order valence-electron chi connectivity index (χ4n) is 3.25. The Kier molecular flexibility index (Phi) is 5.48. The van der Waals surface area contributed by atoms with E-state index in [-0.39, 0.29) is 17.9 Å². The van der Waals surface area contributed by atoms with Gasteiger partial charge in [-0.1, -0.05) is 6.07 Å². The Bertz CT molecular complexity index is 843. The lowest BCUT2D eigenvalue weighted by molar-refractivity contribution is 0.0789. The Morgan fingerprint density at radius 1 is 1.30 bits per heavy atom. The number of hydrogen-bond acceptors (Lipinski definition) is 4. The average Bonchev–Trinajstić information content (AvgIpc) is 3.10. The third kappa shape index (κ3) is 3.97. The average molecular weight is 369 g/mol. The van der Waals surface area contributed by atoms with Crippen LogP contribution in [0.25, 0.3) is 0 Å². The van der Waals surface area contributed by atoms with E-state index in [0.29, 0.717) is 24.3 Å². The molecule has 0 bridgehead atoms. The maximum atomic E-state index is 12.7. The molecule has 2 aromatic rings. The Balaban J connectivity index is 1.73. The summed E-state index contributed by atoms with van der Waals surface area (Å²) in [5, 5.41) is 3.11. The number of hydrogen-bond donors (Lipinski definition) is 1. The van der Waals surface area contributed by atoms with Crippen molar-refractivity contribution in [3.05, 3.63) is 47.5 Å². The molecule has 0 aliphatic carbocycles. The van der Waals surface area contributed by atoms with Crippen LogP contribution in [0.1, 0.15) is 40.0 Å². The number of rotatable bonds is 5. The molecule has 2 heterocycles. The first-order chi connectivity index (χ1) is 12.9. The summed E-state index contributed by atoms with van der Waals surface area (Å²) in [6.07, 6.45) is 3.20. The van der Waals surface area contributed by atoms with E-state index in [1.165, 1.54) is 0 Å². The molecule has 1 N–H and O–H groups in total. The molecule has 7 nitrogen and oxygen atoms in total. The van der Waals surface area contributed by atoms with Crippen molar-refractivity contribution in [2.75, 3.05) is 32.6 Å². The number of nitrogens with zero attached hydrogens (tertiary/aromatic N) is 4. The Morgan fingerprint density at radius 2 is 2.07 bits per heavy atom. The van der Waals surface area contributed by atoms with Gasteiger partial charge >= 0.3 is 0 Å². The van der Waals surface area contributed by atoms with Gasteiger partial charge in [0.15, 0.2) is 0 Å². The van der Waals surface area contributed by atoms with E-state index in [1.807, 2.05) is 54.8 Å². The molecule has 2 amide bonds. The van der Waals surface area contributed by atoms with E-state index in [4.69, 9.17) is 0 Å². The van der Waals surface area contributed by atoms with E-state index in [1.54, 1.807) is 18.1 Å². The monoisotopic (exact) mass is 369 g/mol. The van der Waals surface area contributed by atoms with E-state index >= 15 is 0 Å². The summed E-state index contributed by atoms with van der Waals surface area (Å²) >= 11 is 0. The van der Waals surface area contributed by atoms with Crippen LogP contribution < -0.4 is 10.2 Å². The highest BCUT2D eigenvalue weighted by atomic mass is 16.2. The van der Waals surface area contributed by atoms with Crippen LogP contribution in [0.15, 0.2) is 30.5 Å². The number of nitrogens with one attached hydrogen (secondary N) is 1. The van der Waals surface area contributed by atoms with Gasteiger partial charge in [-0.25, -0.2) is 4.98 Å². The number of fused-ring (bicyclic) bond motifs is 1. The quantitative estimate of drug-likeness (QED) is 0.872. The maximum Gasteiger partial charge on any atom is 0.271 e. The van der Waals surface area contributed by atoms with E-state index in [0.717, 1.165) is 24.4 Å². The smallest absolute Gasteiger partial charge is 0.271 e. The highest BCUT2D eigenvalue weighted by Gasteiger charge is 2.26. The minimum Gasteiger partial charge on any atom is -0.378 e. The van der Waals surface area contributed by atoms with Crippen LogP contribution in [0, 0.1) is 0 Å². The van der Waals surface area contributed by atoms with Crippen LogP contribution in [-0.2, 0) is 13.0 Å². The first-order valence-corrected chi connectivity index (χ1v) is 9.28. The predicted octanol–water partition coefficient (Wildman–Crippen LogP) is 1.79. The minimum absolute atomic E-state index is 0.0271. The Labute approximate surface area is 160 Å². The van der Waals surface area contributed by atoms with Crippen molar-refractivity contribution in [2.24, 2.45) is 0 Å². The van der Waals surface area contributed by atoms with Gasteiger partial charge in [-0.05, 0) is 31.5 Å². The molecule has 0 unspecified atom stereocenters. The second-order valence-corrected chi connectivity index (χ2v) is 7.14. The molecular weight excluding hydrogens is 342 g/mol. The molecule has 1 aliphatic rings. The summed E-state index contributed by atoms with van der Waals surface area (Å²) in [5.74, 6) is 0.774. The lowest BCUT2D eigenvalue weighted by Crippen LogP contribution is -2.42. The van der Waals surface area contributed by atoms with Crippen LogP contribution in [0.3, 0.4) is 0 Å². The highest BCUT2D eigenvalue weighted by Crippen LogP contribution is 2.19. The van der Waals surface area contributed by atoms with E-state index in [2.05, 4.69) is 10.3 Å². The molecule has 0 spiro atoms. The standard InChI is InChI=1S/C20H27N5O2/c1-5-24(4)20(27)17-12-21-18-10-9-15(13-25(17)18)22-19(26)14-7-6-8-16(11-14)23(2)3/h6-8,11-12,15H,5,9-10,13H2,1-4H3,(H,22,26)/t15-/m1/s1. The molecule has 0 radical (unpaired) electrons. The molecule has 0 saturated heterocycles. The van der Waals surface area contributed by atoms with Crippen LogP contribution in [0.5, 0.6) is 0 Å². The molecule has 1 aliphatic heterocycles. The molecule has 7 heteroatoms. The largest absolute Gasteiger partial charge is 0.378 e. The first kappa shape index (κ1) is 18.9. The van der Waals surface area contributed by atoms with Crippen molar-refractivity contribution in [2.45, 2.75) is 32.4 Å². The van der Waals surface area contributed by atoms with Crippen molar-refractivity contribution in [1.29, 1.82) is 0 Å². The number of carbonyl (C=O) groups is 2.